The number of rotatable bonds is 7. The number of hydrogen-bond donors (Lipinski definition) is 1. The Bertz CT molecular complexity index is 321. The predicted octanol–water partition coefficient (Wildman–Crippen LogP) is 1.90. The van der Waals surface area contributed by atoms with E-state index in [1.54, 1.807) is 0 Å². The molecule has 3 heteroatoms. The van der Waals surface area contributed by atoms with E-state index in [9.17, 15) is 0 Å². The molecule has 1 N–H and O–H groups in total. The summed E-state index contributed by atoms with van der Waals surface area (Å²) in [5, 5.41) is 3.58. The van der Waals surface area contributed by atoms with Gasteiger partial charge in [0.05, 0.1) is 5.69 Å². The Kier molecular flexibility index (Phi) is 4.51. The van der Waals surface area contributed by atoms with Crippen LogP contribution in [0, 0.1) is 5.92 Å². The third-order valence-electron chi connectivity index (χ3n) is 3.11. The monoisotopic (exact) mass is 233 g/mol. The fraction of sp³-hybridized carbons (Fsp3) is 0.643. The van der Waals surface area contributed by atoms with E-state index in [0.717, 1.165) is 31.4 Å². The molecule has 0 amide bonds. The van der Waals surface area contributed by atoms with Crippen LogP contribution < -0.4 is 5.32 Å². The second-order valence-corrected chi connectivity index (χ2v) is 5.31. The summed E-state index contributed by atoms with van der Waals surface area (Å²) in [6.07, 6.45) is 4.61. The second-order valence-electron chi connectivity index (χ2n) is 5.31. The summed E-state index contributed by atoms with van der Waals surface area (Å²) in [6.45, 7) is 5.51. The van der Waals surface area contributed by atoms with E-state index in [-0.39, 0.29) is 0 Å². The normalized spacial score (nSPS) is 17.4. The van der Waals surface area contributed by atoms with Gasteiger partial charge in [-0.2, -0.15) is 0 Å². The number of nitrogens with zero attached hydrogens (tertiary/aromatic N) is 2. The molecular weight excluding hydrogens is 210 g/mol. The van der Waals surface area contributed by atoms with E-state index in [0.29, 0.717) is 5.92 Å². The van der Waals surface area contributed by atoms with Crippen molar-refractivity contribution in [3.63, 3.8) is 0 Å². The van der Waals surface area contributed by atoms with Crippen molar-refractivity contribution >= 4 is 0 Å². The van der Waals surface area contributed by atoms with Crippen LogP contribution in [0.2, 0.25) is 0 Å². The SMILES string of the molecule is CC(CNC1CC1)CN(C)Cc1ccccn1. The lowest BCUT2D eigenvalue weighted by Gasteiger charge is -2.21. The third kappa shape index (κ3) is 4.84. The van der Waals surface area contributed by atoms with Crippen LogP contribution in [-0.4, -0.2) is 36.1 Å². The van der Waals surface area contributed by atoms with Gasteiger partial charge in [0.1, 0.15) is 0 Å². The van der Waals surface area contributed by atoms with Crippen LogP contribution in [0.3, 0.4) is 0 Å². The zero-order valence-corrected chi connectivity index (χ0v) is 10.9. The molecule has 1 aliphatic carbocycles. The van der Waals surface area contributed by atoms with Crippen LogP contribution in [0.5, 0.6) is 0 Å². The fourth-order valence-electron chi connectivity index (χ4n) is 2.08. The Hall–Kier alpha value is -0.930. The van der Waals surface area contributed by atoms with Gasteiger partial charge in [-0.15, -0.1) is 0 Å². The van der Waals surface area contributed by atoms with Gasteiger partial charge < -0.3 is 10.2 Å². The topological polar surface area (TPSA) is 28.2 Å². The van der Waals surface area contributed by atoms with Crippen molar-refractivity contribution < 1.29 is 0 Å². The molecule has 0 radical (unpaired) electrons. The van der Waals surface area contributed by atoms with Crippen molar-refractivity contribution in [3.05, 3.63) is 30.1 Å². The molecule has 0 saturated heterocycles. The number of pyridine rings is 1. The Balaban J connectivity index is 1.66. The van der Waals surface area contributed by atoms with Crippen molar-refractivity contribution in [1.29, 1.82) is 0 Å². The van der Waals surface area contributed by atoms with Crippen LogP contribution in [-0.2, 0) is 6.54 Å². The van der Waals surface area contributed by atoms with Gasteiger partial charge in [-0.3, -0.25) is 4.98 Å². The first-order valence-electron chi connectivity index (χ1n) is 6.56. The van der Waals surface area contributed by atoms with Gasteiger partial charge in [-0.25, -0.2) is 0 Å². The van der Waals surface area contributed by atoms with Gasteiger partial charge in [0.25, 0.3) is 0 Å². The summed E-state index contributed by atoms with van der Waals surface area (Å²) in [6, 6.07) is 6.92. The number of aromatic nitrogens is 1. The molecule has 3 nitrogen and oxygen atoms in total. The van der Waals surface area contributed by atoms with Gasteiger partial charge in [0.2, 0.25) is 0 Å². The number of hydrogen-bond acceptors (Lipinski definition) is 3. The van der Waals surface area contributed by atoms with Crippen molar-refractivity contribution in [2.24, 2.45) is 5.92 Å². The van der Waals surface area contributed by atoms with E-state index in [2.05, 4.69) is 35.2 Å². The standard InChI is InChI=1S/C14H23N3/c1-12(9-16-13-6-7-13)10-17(2)11-14-5-3-4-8-15-14/h3-5,8,12-13,16H,6-7,9-11H2,1-2H3. The molecule has 1 saturated carbocycles. The number of nitrogens with one attached hydrogen (secondary N) is 1. The van der Waals surface area contributed by atoms with Crippen LogP contribution >= 0.6 is 0 Å². The first-order chi connectivity index (χ1) is 8.24. The third-order valence-corrected chi connectivity index (χ3v) is 3.11. The van der Waals surface area contributed by atoms with Crippen molar-refractivity contribution in [3.8, 4) is 0 Å². The van der Waals surface area contributed by atoms with Crippen molar-refractivity contribution in [2.75, 3.05) is 20.1 Å². The predicted molar refractivity (Wildman–Crippen MR) is 70.8 cm³/mol. The summed E-state index contributed by atoms with van der Waals surface area (Å²) < 4.78 is 0. The highest BCUT2D eigenvalue weighted by atomic mass is 15.1. The molecule has 0 aliphatic heterocycles. The van der Waals surface area contributed by atoms with Gasteiger partial charge in [-0.05, 0) is 44.5 Å². The highest BCUT2D eigenvalue weighted by Gasteiger charge is 2.21. The van der Waals surface area contributed by atoms with Crippen molar-refractivity contribution in [1.82, 2.24) is 15.2 Å². The Labute approximate surface area is 104 Å². The lowest BCUT2D eigenvalue weighted by Crippen LogP contribution is -2.31. The van der Waals surface area contributed by atoms with Gasteiger partial charge in [0.15, 0.2) is 0 Å². The lowest BCUT2D eigenvalue weighted by atomic mass is 10.1. The average Bonchev–Trinajstić information content (AvgIpc) is 3.11. The maximum absolute atomic E-state index is 4.35. The largest absolute Gasteiger partial charge is 0.314 e. The van der Waals surface area contributed by atoms with Crippen LogP contribution in [0.15, 0.2) is 24.4 Å². The van der Waals surface area contributed by atoms with Gasteiger partial charge in [0, 0.05) is 25.3 Å². The molecule has 1 aromatic rings. The van der Waals surface area contributed by atoms with Gasteiger partial charge in [-0.1, -0.05) is 13.0 Å². The first kappa shape index (κ1) is 12.5. The van der Waals surface area contributed by atoms with Crippen LogP contribution in [0.1, 0.15) is 25.5 Å². The Morgan fingerprint density at radius 2 is 2.29 bits per heavy atom. The van der Waals surface area contributed by atoms with E-state index >= 15 is 0 Å². The molecule has 17 heavy (non-hydrogen) atoms. The smallest absolute Gasteiger partial charge is 0.0543 e. The molecule has 0 aromatic carbocycles. The molecule has 1 fully saturated rings. The lowest BCUT2D eigenvalue weighted by molar-refractivity contribution is 0.271. The van der Waals surface area contributed by atoms with Crippen molar-refractivity contribution in [2.45, 2.75) is 32.4 Å². The van der Waals surface area contributed by atoms with Gasteiger partial charge >= 0.3 is 0 Å². The average molecular weight is 233 g/mol. The molecule has 1 atom stereocenters. The molecule has 0 bridgehead atoms. The van der Waals surface area contributed by atoms with Crippen LogP contribution in [0.25, 0.3) is 0 Å². The maximum Gasteiger partial charge on any atom is 0.0543 e. The summed E-state index contributed by atoms with van der Waals surface area (Å²) in [5.74, 6) is 0.698. The molecule has 1 aromatic heterocycles. The molecular formula is C14H23N3. The summed E-state index contributed by atoms with van der Waals surface area (Å²) in [4.78, 5) is 6.70. The van der Waals surface area contributed by atoms with E-state index < -0.39 is 0 Å². The summed E-state index contributed by atoms with van der Waals surface area (Å²) in [7, 11) is 2.17. The first-order valence-corrected chi connectivity index (χ1v) is 6.56. The maximum atomic E-state index is 4.35. The Morgan fingerprint density at radius 1 is 1.47 bits per heavy atom. The minimum Gasteiger partial charge on any atom is -0.314 e. The molecule has 1 aliphatic rings. The Morgan fingerprint density at radius 3 is 2.94 bits per heavy atom. The van der Waals surface area contributed by atoms with Crippen LogP contribution in [0.4, 0.5) is 0 Å². The van der Waals surface area contributed by atoms with E-state index in [1.165, 1.54) is 12.8 Å². The summed E-state index contributed by atoms with van der Waals surface area (Å²) >= 11 is 0. The second kappa shape index (κ2) is 6.12. The molecule has 94 valence electrons. The summed E-state index contributed by atoms with van der Waals surface area (Å²) in [5.41, 5.74) is 1.15. The quantitative estimate of drug-likeness (QED) is 0.779. The zero-order valence-electron chi connectivity index (χ0n) is 10.9. The minimum atomic E-state index is 0.698. The zero-order chi connectivity index (χ0) is 12.1. The minimum absolute atomic E-state index is 0.698. The molecule has 0 spiro atoms. The van der Waals surface area contributed by atoms with E-state index in [4.69, 9.17) is 0 Å². The van der Waals surface area contributed by atoms with E-state index in [1.807, 2.05) is 18.3 Å². The highest BCUT2D eigenvalue weighted by molar-refractivity contribution is 5.03. The molecule has 1 unspecified atom stereocenters. The molecule has 2 rings (SSSR count). The fourth-order valence-corrected chi connectivity index (χ4v) is 2.08. The molecule has 1 heterocycles. The highest BCUT2D eigenvalue weighted by Crippen LogP contribution is 2.18.